The summed E-state index contributed by atoms with van der Waals surface area (Å²) < 4.78 is 11.4. The van der Waals surface area contributed by atoms with Crippen molar-refractivity contribution in [1.29, 1.82) is 0 Å². The van der Waals surface area contributed by atoms with E-state index in [2.05, 4.69) is 43.4 Å². The van der Waals surface area contributed by atoms with Crippen LogP contribution in [0.4, 0.5) is 0 Å². The summed E-state index contributed by atoms with van der Waals surface area (Å²) in [4.78, 5) is 0. The summed E-state index contributed by atoms with van der Waals surface area (Å²) in [7, 11) is 0. The SMILES string of the molecule is CC1(C)COc2ccc(-c3ccoc3CNC3CC3)cc21. The lowest BCUT2D eigenvalue weighted by atomic mass is 9.85. The van der Waals surface area contributed by atoms with Gasteiger partial charge in [-0.1, -0.05) is 19.9 Å². The molecule has 21 heavy (non-hydrogen) atoms. The molecule has 4 rings (SSSR count). The number of fused-ring (bicyclic) bond motifs is 1. The molecule has 0 spiro atoms. The van der Waals surface area contributed by atoms with Crippen LogP contribution in [0.15, 0.2) is 34.9 Å². The Bertz CT molecular complexity index is 668. The maximum absolute atomic E-state index is 5.77. The normalized spacial score (nSPS) is 19.3. The lowest BCUT2D eigenvalue weighted by molar-refractivity contribution is 0.291. The highest BCUT2D eigenvalue weighted by molar-refractivity contribution is 5.68. The number of nitrogens with one attached hydrogen (secondary N) is 1. The van der Waals surface area contributed by atoms with E-state index in [1.165, 1.54) is 29.5 Å². The minimum atomic E-state index is 0.0848. The third-order valence-corrected chi connectivity index (χ3v) is 4.48. The molecule has 0 amide bonds. The van der Waals surface area contributed by atoms with E-state index in [1.54, 1.807) is 6.26 Å². The van der Waals surface area contributed by atoms with Crippen molar-refractivity contribution in [3.8, 4) is 16.9 Å². The van der Waals surface area contributed by atoms with E-state index in [9.17, 15) is 0 Å². The maximum atomic E-state index is 5.77. The average molecular weight is 283 g/mol. The number of furan rings is 1. The molecule has 1 N–H and O–H groups in total. The maximum Gasteiger partial charge on any atom is 0.125 e. The topological polar surface area (TPSA) is 34.4 Å². The molecule has 2 aromatic rings. The van der Waals surface area contributed by atoms with Gasteiger partial charge in [-0.05, 0) is 36.6 Å². The molecule has 1 aromatic heterocycles. The van der Waals surface area contributed by atoms with Crippen LogP contribution in [0.1, 0.15) is 38.0 Å². The van der Waals surface area contributed by atoms with Crippen molar-refractivity contribution in [1.82, 2.24) is 5.32 Å². The molecule has 0 bridgehead atoms. The molecule has 1 aliphatic heterocycles. The van der Waals surface area contributed by atoms with Crippen LogP contribution in [0.3, 0.4) is 0 Å². The zero-order valence-electron chi connectivity index (χ0n) is 12.6. The molecule has 0 atom stereocenters. The van der Waals surface area contributed by atoms with Gasteiger partial charge in [0.05, 0.1) is 19.4 Å². The third kappa shape index (κ3) is 2.36. The van der Waals surface area contributed by atoms with Gasteiger partial charge < -0.3 is 14.5 Å². The van der Waals surface area contributed by atoms with Crippen LogP contribution in [0, 0.1) is 0 Å². The predicted octanol–water partition coefficient (Wildman–Crippen LogP) is 3.87. The van der Waals surface area contributed by atoms with Gasteiger partial charge in [-0.15, -0.1) is 0 Å². The van der Waals surface area contributed by atoms with E-state index in [-0.39, 0.29) is 5.41 Å². The highest BCUT2D eigenvalue weighted by atomic mass is 16.5. The van der Waals surface area contributed by atoms with Crippen LogP contribution in [0.2, 0.25) is 0 Å². The van der Waals surface area contributed by atoms with Crippen molar-refractivity contribution in [3.05, 3.63) is 41.9 Å². The van der Waals surface area contributed by atoms with E-state index in [1.807, 2.05) is 0 Å². The highest BCUT2D eigenvalue weighted by Gasteiger charge is 2.32. The van der Waals surface area contributed by atoms with Gasteiger partial charge in [-0.25, -0.2) is 0 Å². The number of hydrogen-bond donors (Lipinski definition) is 1. The minimum absolute atomic E-state index is 0.0848. The Labute approximate surface area is 125 Å². The predicted molar refractivity (Wildman–Crippen MR) is 82.5 cm³/mol. The number of hydrogen-bond acceptors (Lipinski definition) is 3. The van der Waals surface area contributed by atoms with Gasteiger partial charge in [-0.2, -0.15) is 0 Å². The average Bonchev–Trinajstić information content (AvgIpc) is 3.10. The Morgan fingerprint density at radius 2 is 2.10 bits per heavy atom. The smallest absolute Gasteiger partial charge is 0.125 e. The Kier molecular flexibility index (Phi) is 2.86. The minimum Gasteiger partial charge on any atom is -0.492 e. The summed E-state index contributed by atoms with van der Waals surface area (Å²) in [5, 5.41) is 3.52. The molecule has 1 aromatic carbocycles. The van der Waals surface area contributed by atoms with Gasteiger partial charge in [0.15, 0.2) is 0 Å². The molecular weight excluding hydrogens is 262 g/mol. The van der Waals surface area contributed by atoms with Gasteiger partial charge in [0.1, 0.15) is 11.5 Å². The molecule has 3 heteroatoms. The molecule has 2 aliphatic rings. The van der Waals surface area contributed by atoms with Crippen molar-refractivity contribution in [2.24, 2.45) is 0 Å². The molecule has 110 valence electrons. The molecule has 3 nitrogen and oxygen atoms in total. The fourth-order valence-corrected chi connectivity index (χ4v) is 2.95. The lowest BCUT2D eigenvalue weighted by Crippen LogP contribution is -2.18. The van der Waals surface area contributed by atoms with Gasteiger partial charge in [0.25, 0.3) is 0 Å². The van der Waals surface area contributed by atoms with Gasteiger partial charge in [0, 0.05) is 22.6 Å². The first-order valence-electron chi connectivity index (χ1n) is 7.71. The standard InChI is InChI=1S/C18H21NO2/c1-18(2)11-21-16-6-3-12(9-15(16)18)14-7-8-20-17(14)10-19-13-4-5-13/h3,6-9,13,19H,4-5,10-11H2,1-2H3. The zero-order chi connectivity index (χ0) is 14.4. The molecule has 0 unspecified atom stereocenters. The molecule has 1 fully saturated rings. The van der Waals surface area contributed by atoms with Gasteiger partial charge in [0.2, 0.25) is 0 Å². The van der Waals surface area contributed by atoms with Crippen LogP contribution >= 0.6 is 0 Å². The second-order valence-electron chi connectivity index (χ2n) is 6.80. The van der Waals surface area contributed by atoms with Crippen LogP contribution in [-0.2, 0) is 12.0 Å². The number of benzene rings is 1. The van der Waals surface area contributed by atoms with Crippen LogP contribution < -0.4 is 10.1 Å². The van der Waals surface area contributed by atoms with Crippen LogP contribution in [0.25, 0.3) is 11.1 Å². The van der Waals surface area contributed by atoms with E-state index in [0.717, 1.165) is 24.7 Å². The first kappa shape index (κ1) is 13.0. The van der Waals surface area contributed by atoms with Crippen LogP contribution in [0.5, 0.6) is 5.75 Å². The highest BCUT2D eigenvalue weighted by Crippen LogP contribution is 2.41. The fraction of sp³-hybridized carbons (Fsp3) is 0.444. The number of rotatable bonds is 4. The summed E-state index contributed by atoms with van der Waals surface area (Å²) in [6, 6.07) is 9.23. The Morgan fingerprint density at radius 1 is 1.24 bits per heavy atom. The monoisotopic (exact) mass is 283 g/mol. The van der Waals surface area contributed by atoms with Crippen molar-refractivity contribution in [2.45, 2.75) is 44.7 Å². The van der Waals surface area contributed by atoms with E-state index in [4.69, 9.17) is 9.15 Å². The molecule has 1 saturated carbocycles. The second kappa shape index (κ2) is 4.63. The fourth-order valence-electron chi connectivity index (χ4n) is 2.95. The van der Waals surface area contributed by atoms with E-state index >= 15 is 0 Å². The molecule has 0 radical (unpaired) electrons. The quantitative estimate of drug-likeness (QED) is 0.925. The van der Waals surface area contributed by atoms with E-state index < -0.39 is 0 Å². The number of ether oxygens (including phenoxy) is 1. The summed E-state index contributed by atoms with van der Waals surface area (Å²) in [6.45, 7) is 6.03. The molecule has 0 saturated heterocycles. The summed E-state index contributed by atoms with van der Waals surface area (Å²) in [5.41, 5.74) is 3.78. The van der Waals surface area contributed by atoms with Crippen molar-refractivity contribution < 1.29 is 9.15 Å². The van der Waals surface area contributed by atoms with Gasteiger partial charge in [-0.3, -0.25) is 0 Å². The largest absolute Gasteiger partial charge is 0.492 e. The van der Waals surface area contributed by atoms with Crippen molar-refractivity contribution in [2.75, 3.05) is 6.61 Å². The Balaban J connectivity index is 1.66. The van der Waals surface area contributed by atoms with Crippen molar-refractivity contribution in [3.63, 3.8) is 0 Å². The summed E-state index contributed by atoms with van der Waals surface area (Å²) in [5.74, 6) is 2.04. The molecular formula is C18H21NO2. The third-order valence-electron chi connectivity index (χ3n) is 4.48. The van der Waals surface area contributed by atoms with E-state index in [0.29, 0.717) is 6.04 Å². The Morgan fingerprint density at radius 3 is 2.90 bits per heavy atom. The van der Waals surface area contributed by atoms with Crippen molar-refractivity contribution >= 4 is 0 Å². The summed E-state index contributed by atoms with van der Waals surface area (Å²) in [6.07, 6.45) is 4.37. The first-order chi connectivity index (χ1) is 10.1. The van der Waals surface area contributed by atoms with Crippen LogP contribution in [-0.4, -0.2) is 12.6 Å². The molecule has 1 aliphatic carbocycles. The first-order valence-corrected chi connectivity index (χ1v) is 7.71. The van der Waals surface area contributed by atoms with Gasteiger partial charge >= 0.3 is 0 Å². The Hall–Kier alpha value is -1.74. The lowest BCUT2D eigenvalue weighted by Gasteiger charge is -2.16. The second-order valence-corrected chi connectivity index (χ2v) is 6.80. The zero-order valence-corrected chi connectivity index (χ0v) is 12.6. The summed E-state index contributed by atoms with van der Waals surface area (Å²) >= 11 is 0. The molecule has 2 heterocycles.